The summed E-state index contributed by atoms with van der Waals surface area (Å²) in [6.07, 6.45) is 2.10. The third-order valence-corrected chi connectivity index (χ3v) is 2.43. The number of rotatable bonds is 8. The van der Waals surface area contributed by atoms with Crippen LogP contribution < -0.4 is 5.32 Å². The van der Waals surface area contributed by atoms with Gasteiger partial charge in [0.2, 0.25) is 5.91 Å². The third kappa shape index (κ3) is 7.28. The maximum absolute atomic E-state index is 10.8. The second-order valence-corrected chi connectivity index (χ2v) is 3.77. The predicted octanol–water partition coefficient (Wildman–Crippen LogP) is 1.44. The van der Waals surface area contributed by atoms with E-state index in [0.29, 0.717) is 25.0 Å². The van der Waals surface area contributed by atoms with Gasteiger partial charge in [-0.05, 0) is 12.8 Å². The van der Waals surface area contributed by atoms with Crippen LogP contribution in [0.25, 0.3) is 0 Å². The van der Waals surface area contributed by atoms with E-state index in [1.165, 1.54) is 4.90 Å². The van der Waals surface area contributed by atoms with Gasteiger partial charge in [-0.3, -0.25) is 4.79 Å². The van der Waals surface area contributed by atoms with E-state index in [4.69, 9.17) is 5.11 Å². The molecule has 0 atom stereocenters. The van der Waals surface area contributed by atoms with E-state index in [-0.39, 0.29) is 5.91 Å². The molecule has 16 heavy (non-hydrogen) atoms. The second kappa shape index (κ2) is 9.21. The van der Waals surface area contributed by atoms with Crippen molar-refractivity contribution in [3.8, 4) is 0 Å². The number of halogens is 1. The predicted molar refractivity (Wildman–Crippen MR) is 65.8 cm³/mol. The minimum absolute atomic E-state index is 0.0545. The van der Waals surface area contributed by atoms with Crippen molar-refractivity contribution < 1.29 is 14.7 Å². The van der Waals surface area contributed by atoms with E-state index in [1.807, 2.05) is 0 Å². The molecule has 0 saturated heterocycles. The normalized spacial score (nSPS) is 9.56. The molecular formula is C10H17BrN2O3. The van der Waals surface area contributed by atoms with Crippen molar-refractivity contribution in [2.75, 3.05) is 25.0 Å². The van der Waals surface area contributed by atoms with Crippen LogP contribution in [0.3, 0.4) is 0 Å². The zero-order valence-corrected chi connectivity index (χ0v) is 10.7. The van der Waals surface area contributed by atoms with Crippen molar-refractivity contribution in [3.05, 3.63) is 12.7 Å². The van der Waals surface area contributed by atoms with Gasteiger partial charge in [0.1, 0.15) is 0 Å². The van der Waals surface area contributed by atoms with Gasteiger partial charge in [0.15, 0.2) is 0 Å². The Morgan fingerprint density at radius 3 is 2.62 bits per heavy atom. The zero-order chi connectivity index (χ0) is 12.4. The molecule has 5 nitrogen and oxygen atoms in total. The molecule has 2 amide bonds. The van der Waals surface area contributed by atoms with Crippen LogP contribution in [0.1, 0.15) is 12.8 Å². The first-order valence-corrected chi connectivity index (χ1v) is 6.15. The first-order chi connectivity index (χ1) is 7.61. The molecule has 92 valence electrons. The number of amides is 2. The number of unbranched alkanes of at least 4 members (excludes halogenated alkanes) is 1. The molecular weight excluding hydrogens is 276 g/mol. The number of carbonyl (C=O) groups excluding carboxylic acids is 1. The van der Waals surface area contributed by atoms with Crippen LogP contribution in [-0.2, 0) is 4.79 Å². The average molecular weight is 293 g/mol. The molecule has 0 heterocycles. The van der Waals surface area contributed by atoms with Crippen LogP contribution in [0.5, 0.6) is 0 Å². The minimum Gasteiger partial charge on any atom is -0.465 e. The summed E-state index contributed by atoms with van der Waals surface area (Å²) in [7, 11) is 0. The van der Waals surface area contributed by atoms with E-state index >= 15 is 0 Å². The lowest BCUT2D eigenvalue weighted by molar-refractivity contribution is -0.118. The lowest BCUT2D eigenvalue weighted by Crippen LogP contribution is -2.31. The van der Waals surface area contributed by atoms with Gasteiger partial charge in [-0.25, -0.2) is 4.79 Å². The van der Waals surface area contributed by atoms with Gasteiger partial charge in [-0.1, -0.05) is 22.0 Å². The molecule has 6 heteroatoms. The molecule has 0 aliphatic rings. The topological polar surface area (TPSA) is 69.6 Å². The molecule has 0 aromatic rings. The average Bonchev–Trinajstić information content (AvgIpc) is 2.26. The number of carboxylic acid groups (broad SMARTS) is 1. The Bertz CT molecular complexity index is 246. The molecule has 0 spiro atoms. The van der Waals surface area contributed by atoms with Crippen molar-refractivity contribution in [1.82, 2.24) is 10.2 Å². The highest BCUT2D eigenvalue weighted by atomic mass is 79.9. The highest BCUT2D eigenvalue weighted by Gasteiger charge is 2.08. The number of hydrogen-bond donors (Lipinski definition) is 2. The molecule has 2 N–H and O–H groups in total. The maximum atomic E-state index is 10.8. The van der Waals surface area contributed by atoms with E-state index in [2.05, 4.69) is 27.8 Å². The Balaban J connectivity index is 3.58. The quantitative estimate of drug-likeness (QED) is 0.404. The van der Waals surface area contributed by atoms with Crippen LogP contribution in [0, 0.1) is 0 Å². The summed E-state index contributed by atoms with van der Waals surface area (Å²) in [6.45, 7) is 4.87. The molecule has 0 aromatic heterocycles. The van der Waals surface area contributed by atoms with Gasteiger partial charge >= 0.3 is 6.09 Å². The smallest absolute Gasteiger partial charge is 0.407 e. The van der Waals surface area contributed by atoms with Crippen LogP contribution >= 0.6 is 15.9 Å². The molecule has 0 saturated carbocycles. The summed E-state index contributed by atoms with van der Waals surface area (Å²) in [5.41, 5.74) is 0. The highest BCUT2D eigenvalue weighted by molar-refractivity contribution is 9.09. The van der Waals surface area contributed by atoms with Gasteiger partial charge < -0.3 is 15.3 Å². The molecule has 0 bridgehead atoms. The van der Waals surface area contributed by atoms with Crippen molar-refractivity contribution in [1.29, 1.82) is 0 Å². The molecule has 0 rings (SSSR count). The fourth-order valence-electron chi connectivity index (χ4n) is 1.12. The van der Waals surface area contributed by atoms with E-state index in [9.17, 15) is 9.59 Å². The Labute approximate surface area is 104 Å². The van der Waals surface area contributed by atoms with Gasteiger partial charge in [0, 0.05) is 19.6 Å². The Morgan fingerprint density at radius 2 is 2.12 bits per heavy atom. The zero-order valence-electron chi connectivity index (χ0n) is 9.12. The molecule has 0 fully saturated rings. The van der Waals surface area contributed by atoms with Crippen LogP contribution in [0.15, 0.2) is 12.7 Å². The van der Waals surface area contributed by atoms with Crippen LogP contribution in [0.2, 0.25) is 0 Å². The Kier molecular flexibility index (Phi) is 8.61. The Morgan fingerprint density at radius 1 is 1.44 bits per heavy atom. The van der Waals surface area contributed by atoms with Gasteiger partial charge in [-0.15, -0.1) is 6.58 Å². The van der Waals surface area contributed by atoms with Crippen molar-refractivity contribution in [2.45, 2.75) is 12.8 Å². The standard InChI is InChI=1S/C10H17BrN2O3/c1-2-6-13(10(15)16)7-4-3-5-12-9(14)8-11/h2H,1,3-8H2,(H,12,14)(H,15,16). The summed E-state index contributed by atoms with van der Waals surface area (Å²) < 4.78 is 0. The lowest BCUT2D eigenvalue weighted by atomic mass is 10.3. The number of alkyl halides is 1. The summed E-state index contributed by atoms with van der Waals surface area (Å²) >= 11 is 3.04. The number of hydrogen-bond acceptors (Lipinski definition) is 2. The molecule has 0 radical (unpaired) electrons. The maximum Gasteiger partial charge on any atom is 0.407 e. The minimum atomic E-state index is -0.940. The van der Waals surface area contributed by atoms with E-state index in [1.54, 1.807) is 6.08 Å². The summed E-state index contributed by atoms with van der Waals surface area (Å²) in [5.74, 6) is -0.0545. The summed E-state index contributed by atoms with van der Waals surface area (Å²) in [5, 5.41) is 11.8. The molecule has 0 unspecified atom stereocenters. The summed E-state index contributed by atoms with van der Waals surface area (Å²) in [4.78, 5) is 22.8. The fraction of sp³-hybridized carbons (Fsp3) is 0.600. The van der Waals surface area contributed by atoms with E-state index < -0.39 is 6.09 Å². The fourth-order valence-corrected chi connectivity index (χ4v) is 1.32. The third-order valence-electron chi connectivity index (χ3n) is 1.92. The van der Waals surface area contributed by atoms with Crippen molar-refractivity contribution in [2.24, 2.45) is 0 Å². The number of carbonyl (C=O) groups is 2. The van der Waals surface area contributed by atoms with Gasteiger partial charge in [-0.2, -0.15) is 0 Å². The monoisotopic (exact) mass is 292 g/mol. The summed E-state index contributed by atoms with van der Waals surface area (Å²) in [6, 6.07) is 0. The number of nitrogens with one attached hydrogen (secondary N) is 1. The molecule has 0 aliphatic carbocycles. The van der Waals surface area contributed by atoms with Crippen LogP contribution in [0.4, 0.5) is 4.79 Å². The largest absolute Gasteiger partial charge is 0.465 e. The highest BCUT2D eigenvalue weighted by Crippen LogP contribution is 1.96. The van der Waals surface area contributed by atoms with Gasteiger partial charge in [0.25, 0.3) is 0 Å². The molecule has 0 aromatic carbocycles. The second-order valence-electron chi connectivity index (χ2n) is 3.21. The first kappa shape index (κ1) is 15.0. The van der Waals surface area contributed by atoms with Crippen LogP contribution in [-0.4, -0.2) is 47.0 Å². The van der Waals surface area contributed by atoms with Crippen molar-refractivity contribution >= 4 is 27.9 Å². The Hall–Kier alpha value is -1.04. The van der Waals surface area contributed by atoms with E-state index in [0.717, 1.165) is 12.8 Å². The van der Waals surface area contributed by atoms with Crippen molar-refractivity contribution in [3.63, 3.8) is 0 Å². The number of nitrogens with zero attached hydrogens (tertiary/aromatic N) is 1. The molecule has 0 aliphatic heterocycles. The SMILES string of the molecule is C=CCN(CCCCNC(=O)CBr)C(=O)O. The first-order valence-electron chi connectivity index (χ1n) is 5.03. The lowest BCUT2D eigenvalue weighted by Gasteiger charge is -2.16. The van der Waals surface area contributed by atoms with Gasteiger partial charge in [0.05, 0.1) is 5.33 Å².